The third-order valence-corrected chi connectivity index (χ3v) is 6.11. The standard InChI is InChI=1S/C20H20ClN3O3S/c1-3-15(27-20(26)12-6-7-23-17(21)9-12)18(25)24-19-14(10-22)13-5-4-11(2)8-16(13)28-19/h6-7,9,11,15H,3-5,8H2,1-2H3,(H,24,25). The van der Waals surface area contributed by atoms with Gasteiger partial charge in [0.25, 0.3) is 5.91 Å². The Bertz CT molecular complexity index is 951. The number of carbonyl (C=O) groups is 2. The largest absolute Gasteiger partial charge is 0.449 e. The van der Waals surface area contributed by atoms with Crippen molar-refractivity contribution in [2.75, 3.05) is 5.32 Å². The number of anilines is 1. The predicted molar refractivity (Wildman–Crippen MR) is 108 cm³/mol. The second-order valence-corrected chi connectivity index (χ2v) is 8.32. The Labute approximate surface area is 172 Å². The average Bonchev–Trinajstić information content (AvgIpc) is 3.01. The number of pyridine rings is 1. The van der Waals surface area contributed by atoms with E-state index in [2.05, 4.69) is 23.3 Å². The van der Waals surface area contributed by atoms with Gasteiger partial charge in [-0.15, -0.1) is 11.3 Å². The minimum atomic E-state index is -0.968. The van der Waals surface area contributed by atoms with Crippen molar-refractivity contribution in [2.24, 2.45) is 5.92 Å². The highest BCUT2D eigenvalue weighted by Gasteiger charge is 2.27. The van der Waals surface area contributed by atoms with Gasteiger partial charge in [-0.1, -0.05) is 25.4 Å². The number of esters is 1. The summed E-state index contributed by atoms with van der Waals surface area (Å²) in [6.07, 6.45) is 3.54. The van der Waals surface area contributed by atoms with E-state index >= 15 is 0 Å². The molecule has 1 aliphatic rings. The Hall–Kier alpha value is -2.43. The van der Waals surface area contributed by atoms with Gasteiger partial charge in [0.05, 0.1) is 11.1 Å². The third kappa shape index (κ3) is 4.34. The Kier molecular flexibility index (Phi) is 6.32. The molecule has 0 saturated heterocycles. The molecule has 0 aromatic carbocycles. The molecule has 28 heavy (non-hydrogen) atoms. The van der Waals surface area contributed by atoms with Gasteiger partial charge in [0.15, 0.2) is 6.10 Å². The number of aromatic nitrogens is 1. The quantitative estimate of drug-likeness (QED) is 0.576. The topological polar surface area (TPSA) is 92.1 Å². The zero-order valence-corrected chi connectivity index (χ0v) is 17.2. The number of hydrogen-bond acceptors (Lipinski definition) is 6. The summed E-state index contributed by atoms with van der Waals surface area (Å²) >= 11 is 7.24. The van der Waals surface area contributed by atoms with Crippen LogP contribution in [0.2, 0.25) is 5.15 Å². The Morgan fingerprint density at radius 2 is 2.32 bits per heavy atom. The fourth-order valence-corrected chi connectivity index (χ4v) is 4.74. The SMILES string of the molecule is CCC(OC(=O)c1ccnc(Cl)c1)C(=O)Nc1sc2c(c1C#N)CCC(C)C2. The van der Waals surface area contributed by atoms with Crippen LogP contribution in [0.1, 0.15) is 53.1 Å². The number of thiophene rings is 1. The van der Waals surface area contributed by atoms with Gasteiger partial charge in [-0.05, 0) is 49.3 Å². The number of fused-ring (bicyclic) bond motifs is 1. The first-order valence-corrected chi connectivity index (χ1v) is 10.3. The first-order chi connectivity index (χ1) is 13.4. The first kappa shape index (κ1) is 20.3. The lowest BCUT2D eigenvalue weighted by molar-refractivity contribution is -0.124. The molecule has 0 aliphatic heterocycles. The van der Waals surface area contributed by atoms with Gasteiger partial charge in [-0.25, -0.2) is 9.78 Å². The van der Waals surface area contributed by atoms with Crippen molar-refractivity contribution in [3.05, 3.63) is 45.1 Å². The zero-order chi connectivity index (χ0) is 20.3. The number of halogens is 1. The predicted octanol–water partition coefficient (Wildman–Crippen LogP) is 4.37. The third-order valence-electron chi connectivity index (χ3n) is 4.74. The Morgan fingerprint density at radius 3 is 3.00 bits per heavy atom. The van der Waals surface area contributed by atoms with E-state index in [0.717, 1.165) is 29.7 Å². The van der Waals surface area contributed by atoms with Crippen LogP contribution in [0.5, 0.6) is 0 Å². The summed E-state index contributed by atoms with van der Waals surface area (Å²) in [5.41, 5.74) is 1.80. The van der Waals surface area contributed by atoms with Crippen LogP contribution in [0.15, 0.2) is 18.3 Å². The van der Waals surface area contributed by atoms with E-state index in [1.807, 2.05) is 0 Å². The maximum atomic E-state index is 12.7. The van der Waals surface area contributed by atoms with Crippen LogP contribution < -0.4 is 5.32 Å². The highest BCUT2D eigenvalue weighted by atomic mass is 35.5. The van der Waals surface area contributed by atoms with E-state index in [-0.39, 0.29) is 10.7 Å². The molecule has 8 heteroatoms. The highest BCUT2D eigenvalue weighted by molar-refractivity contribution is 7.16. The number of rotatable bonds is 5. The second-order valence-electron chi connectivity index (χ2n) is 6.83. The fraction of sp³-hybridized carbons (Fsp3) is 0.400. The lowest BCUT2D eigenvalue weighted by Crippen LogP contribution is -2.32. The lowest BCUT2D eigenvalue weighted by Gasteiger charge is -2.17. The molecule has 2 atom stereocenters. The van der Waals surface area contributed by atoms with Crippen molar-refractivity contribution in [1.29, 1.82) is 5.26 Å². The second kappa shape index (κ2) is 8.72. The average molecular weight is 418 g/mol. The number of nitrogens with one attached hydrogen (secondary N) is 1. The van der Waals surface area contributed by atoms with Crippen LogP contribution in [0.4, 0.5) is 5.00 Å². The van der Waals surface area contributed by atoms with Gasteiger partial charge < -0.3 is 10.1 Å². The molecule has 2 aromatic heterocycles. The molecule has 1 amide bonds. The molecule has 1 aliphatic carbocycles. The Balaban J connectivity index is 1.74. The number of nitriles is 1. The molecule has 1 N–H and O–H groups in total. The van der Waals surface area contributed by atoms with Gasteiger partial charge >= 0.3 is 5.97 Å². The number of carbonyl (C=O) groups excluding carboxylic acids is 2. The summed E-state index contributed by atoms with van der Waals surface area (Å²) in [6.45, 7) is 3.94. The molecular formula is C20H20ClN3O3S. The molecule has 0 saturated carbocycles. The van der Waals surface area contributed by atoms with Gasteiger partial charge in [0, 0.05) is 11.1 Å². The molecule has 2 unspecified atom stereocenters. The Morgan fingerprint density at radius 1 is 1.54 bits per heavy atom. The van der Waals surface area contributed by atoms with Crippen molar-refractivity contribution in [3.8, 4) is 6.07 Å². The maximum Gasteiger partial charge on any atom is 0.339 e. The molecule has 0 radical (unpaired) electrons. The van der Waals surface area contributed by atoms with Crippen LogP contribution in [0.3, 0.4) is 0 Å². The van der Waals surface area contributed by atoms with E-state index in [1.165, 1.54) is 29.7 Å². The summed E-state index contributed by atoms with van der Waals surface area (Å²) in [4.78, 5) is 30.0. The molecule has 0 bridgehead atoms. The molecular weight excluding hydrogens is 398 g/mol. The molecule has 3 rings (SSSR count). The maximum absolute atomic E-state index is 12.7. The number of hydrogen-bond donors (Lipinski definition) is 1. The van der Waals surface area contributed by atoms with Gasteiger partial charge in [0.1, 0.15) is 16.2 Å². The summed E-state index contributed by atoms with van der Waals surface area (Å²) in [5.74, 6) is -0.525. The van der Waals surface area contributed by atoms with E-state index in [1.54, 1.807) is 6.92 Å². The van der Waals surface area contributed by atoms with Crippen molar-refractivity contribution in [2.45, 2.75) is 45.6 Å². The van der Waals surface area contributed by atoms with Crippen LogP contribution in [0.25, 0.3) is 0 Å². The van der Waals surface area contributed by atoms with Crippen molar-refractivity contribution in [3.63, 3.8) is 0 Å². The summed E-state index contributed by atoms with van der Waals surface area (Å²) < 4.78 is 5.35. The monoisotopic (exact) mass is 417 g/mol. The van der Waals surface area contributed by atoms with E-state index in [0.29, 0.717) is 22.9 Å². The van der Waals surface area contributed by atoms with E-state index < -0.39 is 18.0 Å². The van der Waals surface area contributed by atoms with Gasteiger partial charge in [0.2, 0.25) is 0 Å². The van der Waals surface area contributed by atoms with Crippen LogP contribution in [0, 0.1) is 17.2 Å². The highest BCUT2D eigenvalue weighted by Crippen LogP contribution is 2.39. The minimum absolute atomic E-state index is 0.170. The molecule has 146 valence electrons. The lowest BCUT2D eigenvalue weighted by atomic mass is 9.88. The van der Waals surface area contributed by atoms with Crippen LogP contribution in [-0.4, -0.2) is 23.0 Å². The number of amides is 1. The van der Waals surface area contributed by atoms with Crippen LogP contribution >= 0.6 is 22.9 Å². The van der Waals surface area contributed by atoms with E-state index in [4.69, 9.17) is 16.3 Å². The minimum Gasteiger partial charge on any atom is -0.449 e. The molecule has 2 heterocycles. The molecule has 2 aromatic rings. The smallest absolute Gasteiger partial charge is 0.339 e. The first-order valence-electron chi connectivity index (χ1n) is 9.11. The van der Waals surface area contributed by atoms with Gasteiger partial charge in [-0.2, -0.15) is 5.26 Å². The summed E-state index contributed by atoms with van der Waals surface area (Å²) in [5, 5.41) is 13.1. The molecule has 6 nitrogen and oxygen atoms in total. The van der Waals surface area contributed by atoms with Gasteiger partial charge in [-0.3, -0.25) is 4.79 Å². The van der Waals surface area contributed by atoms with Crippen molar-refractivity contribution < 1.29 is 14.3 Å². The van der Waals surface area contributed by atoms with Crippen molar-refractivity contribution in [1.82, 2.24) is 4.98 Å². The zero-order valence-electron chi connectivity index (χ0n) is 15.6. The fourth-order valence-electron chi connectivity index (χ4n) is 3.20. The van der Waals surface area contributed by atoms with E-state index in [9.17, 15) is 14.9 Å². The summed E-state index contributed by atoms with van der Waals surface area (Å²) in [7, 11) is 0. The number of ether oxygens (including phenoxy) is 1. The molecule has 0 spiro atoms. The summed E-state index contributed by atoms with van der Waals surface area (Å²) in [6, 6.07) is 5.08. The molecule has 0 fully saturated rings. The number of nitrogens with zero attached hydrogens (tertiary/aromatic N) is 2. The van der Waals surface area contributed by atoms with Crippen LogP contribution in [-0.2, 0) is 22.4 Å². The van der Waals surface area contributed by atoms with Crippen molar-refractivity contribution >= 4 is 39.8 Å². The normalized spacial score (nSPS) is 16.6.